The highest BCUT2D eigenvalue weighted by Crippen LogP contribution is 2.40. The summed E-state index contributed by atoms with van der Waals surface area (Å²) in [6.07, 6.45) is 0.953. The van der Waals surface area contributed by atoms with E-state index in [1.165, 1.54) is 24.3 Å². The average molecular weight is 388 g/mol. The van der Waals surface area contributed by atoms with Gasteiger partial charge in [-0.1, -0.05) is 12.1 Å². The Morgan fingerprint density at radius 2 is 2.07 bits per heavy atom. The normalized spacial score (nSPS) is 22.2. The molecule has 0 radical (unpaired) electrons. The highest BCUT2D eigenvalue weighted by Gasteiger charge is 2.54. The van der Waals surface area contributed by atoms with Gasteiger partial charge >= 0.3 is 5.17 Å². The lowest BCUT2D eigenvalue weighted by Gasteiger charge is -2.24. The number of hydrogen-bond donors (Lipinski definition) is 1. The van der Waals surface area contributed by atoms with Crippen LogP contribution in [-0.4, -0.2) is 40.8 Å². The van der Waals surface area contributed by atoms with Crippen LogP contribution in [0.4, 0.5) is 10.1 Å². The minimum absolute atomic E-state index is 0.288. The molecule has 0 saturated carbocycles. The minimum atomic E-state index is -1.41. The van der Waals surface area contributed by atoms with Crippen LogP contribution in [0.1, 0.15) is 23.1 Å². The van der Waals surface area contributed by atoms with E-state index < -0.39 is 11.5 Å². The van der Waals surface area contributed by atoms with Gasteiger partial charge in [0.2, 0.25) is 0 Å². The predicted octanol–water partition coefficient (Wildman–Crippen LogP) is 3.62. The molecule has 142 valence electrons. The van der Waals surface area contributed by atoms with Crippen LogP contribution in [0.2, 0.25) is 0 Å². The third-order valence-electron chi connectivity index (χ3n) is 5.52. The third kappa shape index (κ3) is 2.91. The van der Waals surface area contributed by atoms with Gasteiger partial charge in [-0.05, 0) is 61.4 Å². The maximum Gasteiger partial charge on any atom is 0.316 e. The van der Waals surface area contributed by atoms with Gasteiger partial charge in [0.1, 0.15) is 17.3 Å². The van der Waals surface area contributed by atoms with Crippen molar-refractivity contribution in [2.45, 2.75) is 26.0 Å². The van der Waals surface area contributed by atoms with Gasteiger partial charge in [-0.2, -0.15) is 0 Å². The molecule has 2 aromatic rings. The van der Waals surface area contributed by atoms with Crippen LogP contribution in [0.25, 0.3) is 0 Å². The molecule has 1 N–H and O–H groups in total. The zero-order valence-corrected chi connectivity index (χ0v) is 16.6. The van der Waals surface area contributed by atoms with Crippen molar-refractivity contribution in [3.63, 3.8) is 0 Å². The van der Waals surface area contributed by atoms with Crippen LogP contribution in [0.15, 0.2) is 36.4 Å². The summed E-state index contributed by atoms with van der Waals surface area (Å²) in [5.41, 5.74) is 2.32. The lowest BCUT2D eigenvalue weighted by molar-refractivity contribution is -0.657. The van der Waals surface area contributed by atoms with Gasteiger partial charge in [0.05, 0.1) is 19.2 Å². The van der Waals surface area contributed by atoms with Crippen LogP contribution in [-0.2, 0) is 5.72 Å². The molecule has 0 fully saturated rings. The van der Waals surface area contributed by atoms with Crippen molar-refractivity contribution in [2.24, 2.45) is 0 Å². The molecule has 2 heterocycles. The summed E-state index contributed by atoms with van der Waals surface area (Å²) in [6.45, 7) is 5.17. The first-order valence-electron chi connectivity index (χ1n) is 9.13. The number of rotatable bonds is 3. The van der Waals surface area contributed by atoms with Crippen molar-refractivity contribution in [2.75, 3.05) is 30.9 Å². The van der Waals surface area contributed by atoms with Crippen LogP contribution >= 0.6 is 11.8 Å². The molecule has 2 aliphatic heterocycles. The van der Waals surface area contributed by atoms with Gasteiger partial charge in [0.15, 0.2) is 6.54 Å². The van der Waals surface area contributed by atoms with Crippen molar-refractivity contribution in [1.29, 1.82) is 0 Å². The Balaban J connectivity index is 1.84. The Bertz CT molecular complexity index is 930. The maximum absolute atomic E-state index is 14.9. The summed E-state index contributed by atoms with van der Waals surface area (Å²) >= 11 is 1.72. The number of nitrogens with zero attached hydrogens (tertiary/aromatic N) is 2. The topological polar surface area (TPSA) is 35.7 Å². The Labute approximate surface area is 163 Å². The summed E-state index contributed by atoms with van der Waals surface area (Å²) in [6, 6.07) is 10.9. The molecule has 0 bridgehead atoms. The smallest absolute Gasteiger partial charge is 0.316 e. The number of halogens is 1. The predicted molar refractivity (Wildman–Crippen MR) is 107 cm³/mol. The number of ether oxygens (including phenoxy) is 1. The van der Waals surface area contributed by atoms with Crippen molar-refractivity contribution in [3.05, 3.63) is 58.9 Å². The molecule has 4 nitrogen and oxygen atoms in total. The second-order valence-electron chi connectivity index (χ2n) is 7.10. The van der Waals surface area contributed by atoms with Crippen LogP contribution in [0, 0.1) is 19.7 Å². The minimum Gasteiger partial charge on any atom is -0.497 e. The van der Waals surface area contributed by atoms with Gasteiger partial charge < -0.3 is 9.84 Å². The van der Waals surface area contributed by atoms with E-state index in [-0.39, 0.29) is 5.56 Å². The fourth-order valence-electron chi connectivity index (χ4n) is 3.89. The van der Waals surface area contributed by atoms with Crippen molar-refractivity contribution < 1.29 is 18.8 Å². The van der Waals surface area contributed by atoms with E-state index in [4.69, 9.17) is 4.74 Å². The van der Waals surface area contributed by atoms with Crippen LogP contribution in [0.5, 0.6) is 5.75 Å². The van der Waals surface area contributed by atoms with E-state index in [2.05, 4.69) is 30.9 Å². The Kier molecular flexibility index (Phi) is 4.64. The summed E-state index contributed by atoms with van der Waals surface area (Å²) in [5, 5.41) is 12.7. The second kappa shape index (κ2) is 6.84. The number of benzene rings is 2. The number of β-amino-alcohol motifs (C(OH)–C–C–N with tert-alkyl or cyclic N) is 1. The third-order valence-corrected chi connectivity index (χ3v) is 6.71. The van der Waals surface area contributed by atoms with E-state index in [1.807, 2.05) is 10.6 Å². The lowest BCUT2D eigenvalue weighted by Crippen LogP contribution is -2.42. The first kappa shape index (κ1) is 18.3. The number of hydrogen-bond acceptors (Lipinski definition) is 4. The summed E-state index contributed by atoms with van der Waals surface area (Å²) in [7, 11) is 1.51. The summed E-state index contributed by atoms with van der Waals surface area (Å²) in [5.74, 6) is 0.991. The van der Waals surface area contributed by atoms with Gasteiger partial charge in [-0.25, -0.2) is 13.9 Å². The standard InChI is InChI=1S/C21H24FN2O2S/c1-14-6-4-7-19(15(14)2)23-13-21(25,24-10-5-11-27-20(23)24)17-9-8-16(26-3)12-18(17)22/h4,6-9,12,25H,5,10-11,13H2,1-3H3/q+1/t21-/m1/s1. The Morgan fingerprint density at radius 3 is 2.81 bits per heavy atom. The number of aliphatic hydroxyl groups is 1. The molecule has 6 heteroatoms. The molecule has 2 aliphatic rings. The first-order chi connectivity index (χ1) is 13.0. The number of thioether (sulfide) groups is 1. The molecule has 1 atom stereocenters. The van der Waals surface area contributed by atoms with Crippen molar-refractivity contribution >= 4 is 22.6 Å². The van der Waals surface area contributed by atoms with Crippen LogP contribution < -0.4 is 9.64 Å². The monoisotopic (exact) mass is 387 g/mol. The lowest BCUT2D eigenvalue weighted by atomic mass is 10.0. The quantitative estimate of drug-likeness (QED) is 0.816. The molecule has 2 aromatic carbocycles. The van der Waals surface area contributed by atoms with E-state index in [1.54, 1.807) is 23.9 Å². The van der Waals surface area contributed by atoms with Gasteiger partial charge in [0.25, 0.3) is 5.72 Å². The Morgan fingerprint density at radius 1 is 1.26 bits per heavy atom. The average Bonchev–Trinajstić information content (AvgIpc) is 2.98. The van der Waals surface area contributed by atoms with Crippen LogP contribution in [0.3, 0.4) is 0 Å². The number of amidine groups is 1. The molecular formula is C21H24FN2O2S+. The molecular weight excluding hydrogens is 363 g/mol. The maximum atomic E-state index is 14.9. The van der Waals surface area contributed by atoms with E-state index >= 15 is 0 Å². The number of methoxy groups -OCH3 is 1. The summed E-state index contributed by atoms with van der Waals surface area (Å²) in [4.78, 5) is 2.13. The highest BCUT2D eigenvalue weighted by molar-refractivity contribution is 8.13. The SMILES string of the molecule is COc1ccc([C@]2(O)CN(c3cccc(C)c3C)C3=[N+]2CCCS3)c(F)c1. The largest absolute Gasteiger partial charge is 0.497 e. The Hall–Kier alpha value is -2.05. The molecule has 0 amide bonds. The van der Waals surface area contributed by atoms with Gasteiger partial charge in [-0.15, -0.1) is 0 Å². The number of aryl methyl sites for hydroxylation is 1. The molecule has 0 aromatic heterocycles. The molecule has 0 saturated heterocycles. The van der Waals surface area contributed by atoms with Crippen molar-refractivity contribution in [3.8, 4) is 5.75 Å². The fraction of sp³-hybridized carbons (Fsp3) is 0.381. The molecule has 0 aliphatic carbocycles. The zero-order valence-electron chi connectivity index (χ0n) is 15.8. The van der Waals surface area contributed by atoms with Crippen molar-refractivity contribution in [1.82, 2.24) is 0 Å². The highest BCUT2D eigenvalue weighted by atomic mass is 32.2. The number of anilines is 1. The molecule has 4 rings (SSSR count). The summed E-state index contributed by atoms with van der Waals surface area (Å²) < 4.78 is 21.9. The van der Waals surface area contributed by atoms with E-state index in [0.717, 1.165) is 23.0 Å². The first-order valence-corrected chi connectivity index (χ1v) is 10.1. The van der Waals surface area contributed by atoms with Gasteiger partial charge in [-0.3, -0.25) is 0 Å². The fourth-order valence-corrected chi connectivity index (χ4v) is 5.07. The molecule has 0 spiro atoms. The molecule has 27 heavy (non-hydrogen) atoms. The second-order valence-corrected chi connectivity index (χ2v) is 8.17. The molecule has 0 unspecified atom stereocenters. The van der Waals surface area contributed by atoms with Gasteiger partial charge in [0, 0.05) is 11.8 Å². The zero-order chi connectivity index (χ0) is 19.2. The van der Waals surface area contributed by atoms with E-state index in [0.29, 0.717) is 18.8 Å². The van der Waals surface area contributed by atoms with E-state index in [9.17, 15) is 9.50 Å².